The summed E-state index contributed by atoms with van der Waals surface area (Å²) in [6, 6.07) is 6.38. The molecule has 2 aromatic carbocycles. The van der Waals surface area contributed by atoms with Gasteiger partial charge in [0.25, 0.3) is 10.1 Å². The number of hydrogen-bond acceptors (Lipinski definition) is 2. The van der Waals surface area contributed by atoms with Gasteiger partial charge < -0.3 is 0 Å². The molecule has 0 saturated heterocycles. The number of rotatable bonds is 42. The first kappa shape index (κ1) is 53.7. The van der Waals surface area contributed by atoms with E-state index >= 15 is 0 Å². The van der Waals surface area contributed by atoms with E-state index in [2.05, 4.69) is 39.8 Å². The molecule has 0 aliphatic heterocycles. The quantitative estimate of drug-likeness (QED) is 0.0535. The summed E-state index contributed by atoms with van der Waals surface area (Å²) in [4.78, 5) is 0.249. The van der Waals surface area contributed by atoms with E-state index in [0.717, 1.165) is 68.7 Å². The minimum Gasteiger partial charge on any atom is -0.282 e. The lowest BCUT2D eigenvalue weighted by atomic mass is 9.83. The summed E-state index contributed by atoms with van der Waals surface area (Å²) in [6.07, 6.45) is 51.3. The van der Waals surface area contributed by atoms with Gasteiger partial charge in [0.1, 0.15) is 4.90 Å². The normalized spacial score (nSPS) is 12.0. The fourth-order valence-electron chi connectivity index (χ4n) is 9.76. The fraction of sp³-hybridized carbons (Fsp3) is 0.818. The second kappa shape index (κ2) is 36.1. The van der Waals surface area contributed by atoms with E-state index in [1.807, 2.05) is 6.07 Å². The molecule has 1 N–H and O–H groups in total. The Balaban J connectivity index is 2.37. The van der Waals surface area contributed by atoms with Crippen molar-refractivity contribution in [2.24, 2.45) is 0 Å². The molecule has 0 radical (unpaired) electrons. The minimum atomic E-state index is -4.41. The predicted octanol–water partition coefficient (Wildman–Crippen LogP) is 18.8. The summed E-state index contributed by atoms with van der Waals surface area (Å²) in [6.45, 7) is 9.14. The third kappa shape index (κ3) is 24.2. The van der Waals surface area contributed by atoms with Crippen LogP contribution in [0.2, 0.25) is 0 Å². The van der Waals surface area contributed by atoms with Crippen molar-refractivity contribution >= 4 is 20.9 Å². The van der Waals surface area contributed by atoms with Crippen LogP contribution >= 0.6 is 0 Å². The first-order chi connectivity index (χ1) is 28.9. The second-order valence-electron chi connectivity index (χ2n) is 18.7. The number of hydrogen-bond donors (Lipinski definition) is 1. The lowest BCUT2D eigenvalue weighted by Crippen LogP contribution is -2.13. The Hall–Kier alpha value is -1.39. The molecule has 4 heteroatoms. The Morgan fingerprint density at radius 1 is 0.356 bits per heavy atom. The van der Waals surface area contributed by atoms with Gasteiger partial charge in [-0.2, -0.15) is 8.42 Å². The molecule has 0 saturated carbocycles. The molecule has 0 unspecified atom stereocenters. The van der Waals surface area contributed by atoms with E-state index in [1.54, 1.807) is 0 Å². The molecule has 2 rings (SSSR count). The van der Waals surface area contributed by atoms with Crippen LogP contribution in [-0.4, -0.2) is 13.0 Å². The Kier molecular flexibility index (Phi) is 32.9. The standard InChI is InChI=1S/C55H98O3S/c1-5-9-13-17-21-25-26-27-28-29-33-37-41-47-52-50(45-39-35-31-23-19-15-11-7-3)51(46-40-36-32-24-20-16-12-8-4)54-49(43-38-34-30-22-18-14-10-6-2)44-42-48-53(54)55(52)59(56,57)58/h42,44,48H,5-41,43,45-47H2,1-4H3,(H,56,57,58). The summed E-state index contributed by atoms with van der Waals surface area (Å²) >= 11 is 0. The third-order valence-corrected chi connectivity index (χ3v) is 14.3. The molecule has 59 heavy (non-hydrogen) atoms. The zero-order valence-electron chi connectivity index (χ0n) is 39.9. The molecular formula is C55H98O3S. The minimum absolute atomic E-state index is 0.249. The predicted molar refractivity (Wildman–Crippen MR) is 262 cm³/mol. The van der Waals surface area contributed by atoms with E-state index in [-0.39, 0.29) is 4.90 Å². The van der Waals surface area contributed by atoms with Gasteiger partial charge in [0.05, 0.1) is 0 Å². The molecule has 342 valence electrons. The maximum atomic E-state index is 13.6. The topological polar surface area (TPSA) is 54.4 Å². The van der Waals surface area contributed by atoms with Gasteiger partial charge in [0.15, 0.2) is 0 Å². The van der Waals surface area contributed by atoms with Gasteiger partial charge in [0.2, 0.25) is 0 Å². The highest BCUT2D eigenvalue weighted by molar-refractivity contribution is 7.86. The lowest BCUT2D eigenvalue weighted by Gasteiger charge is -2.24. The summed E-state index contributed by atoms with van der Waals surface area (Å²) < 4.78 is 38.4. The van der Waals surface area contributed by atoms with Crippen molar-refractivity contribution in [2.45, 2.75) is 296 Å². The average Bonchev–Trinajstić information content (AvgIpc) is 3.22. The van der Waals surface area contributed by atoms with Crippen molar-refractivity contribution in [3.63, 3.8) is 0 Å². The fourth-order valence-corrected chi connectivity index (χ4v) is 10.7. The van der Waals surface area contributed by atoms with Crippen molar-refractivity contribution in [1.29, 1.82) is 0 Å². The molecule has 2 aromatic rings. The van der Waals surface area contributed by atoms with Crippen molar-refractivity contribution < 1.29 is 13.0 Å². The van der Waals surface area contributed by atoms with E-state index in [0.29, 0.717) is 0 Å². The van der Waals surface area contributed by atoms with Gasteiger partial charge in [0, 0.05) is 5.39 Å². The van der Waals surface area contributed by atoms with Crippen LogP contribution in [0.5, 0.6) is 0 Å². The zero-order chi connectivity index (χ0) is 42.7. The summed E-state index contributed by atoms with van der Waals surface area (Å²) in [7, 11) is -4.41. The van der Waals surface area contributed by atoms with Gasteiger partial charge in [-0.3, -0.25) is 4.55 Å². The highest BCUT2D eigenvalue weighted by Crippen LogP contribution is 2.39. The zero-order valence-corrected chi connectivity index (χ0v) is 40.7. The Labute approximate surface area is 368 Å². The first-order valence-corrected chi connectivity index (χ1v) is 27.9. The number of fused-ring (bicyclic) bond motifs is 1. The summed E-state index contributed by atoms with van der Waals surface area (Å²) in [5, 5.41) is 1.97. The smallest absolute Gasteiger partial charge is 0.282 e. The van der Waals surface area contributed by atoms with Crippen molar-refractivity contribution in [3.8, 4) is 0 Å². The molecule has 0 bridgehead atoms. The van der Waals surface area contributed by atoms with E-state index in [1.165, 1.54) is 228 Å². The Bertz CT molecular complexity index is 1400. The Morgan fingerprint density at radius 2 is 0.644 bits per heavy atom. The van der Waals surface area contributed by atoms with Crippen LogP contribution in [0.25, 0.3) is 10.8 Å². The first-order valence-electron chi connectivity index (χ1n) is 26.5. The van der Waals surface area contributed by atoms with Crippen LogP contribution in [-0.2, 0) is 35.8 Å². The lowest BCUT2D eigenvalue weighted by molar-refractivity contribution is 0.482. The third-order valence-electron chi connectivity index (χ3n) is 13.3. The SMILES string of the molecule is CCCCCCCCCCCCCCCc1c(CCCCCCCCCC)c(CCCCCCCCCC)c2c(CCCCCCCCCC)cccc2c1S(=O)(=O)O. The number of unbranched alkanes of at least 4 members (excludes halogenated alkanes) is 33. The molecule has 0 atom stereocenters. The largest absolute Gasteiger partial charge is 0.295 e. The van der Waals surface area contributed by atoms with Crippen molar-refractivity contribution in [1.82, 2.24) is 0 Å². The monoisotopic (exact) mass is 839 g/mol. The molecule has 0 aliphatic rings. The highest BCUT2D eigenvalue weighted by Gasteiger charge is 2.27. The average molecular weight is 839 g/mol. The summed E-state index contributed by atoms with van der Waals surface area (Å²) in [5.74, 6) is 0. The van der Waals surface area contributed by atoms with E-state index < -0.39 is 10.1 Å². The van der Waals surface area contributed by atoms with Crippen LogP contribution in [0.15, 0.2) is 23.1 Å². The summed E-state index contributed by atoms with van der Waals surface area (Å²) in [5.41, 5.74) is 4.99. The van der Waals surface area contributed by atoms with Gasteiger partial charge in [-0.05, 0) is 79.0 Å². The van der Waals surface area contributed by atoms with Crippen LogP contribution in [0.3, 0.4) is 0 Å². The van der Waals surface area contributed by atoms with Crippen LogP contribution in [0.1, 0.15) is 288 Å². The molecule has 0 fully saturated rings. The van der Waals surface area contributed by atoms with Crippen LogP contribution in [0.4, 0.5) is 0 Å². The molecule has 0 heterocycles. The van der Waals surface area contributed by atoms with Gasteiger partial charge in [-0.25, -0.2) is 0 Å². The molecule has 3 nitrogen and oxygen atoms in total. The highest BCUT2D eigenvalue weighted by atomic mass is 32.2. The molecular weight excluding hydrogens is 741 g/mol. The van der Waals surface area contributed by atoms with Gasteiger partial charge in [-0.15, -0.1) is 0 Å². The number of benzene rings is 2. The molecule has 0 aromatic heterocycles. The van der Waals surface area contributed by atoms with E-state index in [9.17, 15) is 13.0 Å². The van der Waals surface area contributed by atoms with Crippen LogP contribution in [0, 0.1) is 0 Å². The van der Waals surface area contributed by atoms with Crippen molar-refractivity contribution in [3.05, 3.63) is 40.5 Å². The van der Waals surface area contributed by atoms with Gasteiger partial charge in [-0.1, -0.05) is 258 Å². The molecule has 0 amide bonds. The maximum absolute atomic E-state index is 13.6. The van der Waals surface area contributed by atoms with E-state index in [4.69, 9.17) is 0 Å². The molecule has 0 aliphatic carbocycles. The van der Waals surface area contributed by atoms with Gasteiger partial charge >= 0.3 is 0 Å². The Morgan fingerprint density at radius 3 is 0.983 bits per heavy atom. The maximum Gasteiger partial charge on any atom is 0.295 e. The van der Waals surface area contributed by atoms with Crippen LogP contribution < -0.4 is 0 Å². The van der Waals surface area contributed by atoms with Crippen molar-refractivity contribution in [2.75, 3.05) is 0 Å². The second-order valence-corrected chi connectivity index (χ2v) is 20.1. The number of aryl methyl sites for hydroxylation is 2. The molecule has 0 spiro atoms.